The maximum Gasteiger partial charge on any atom is 0.227 e. The maximum atomic E-state index is 14.3. The van der Waals surface area contributed by atoms with E-state index < -0.39 is 10.0 Å². The van der Waals surface area contributed by atoms with Crippen LogP contribution < -0.4 is 10.2 Å². The first-order valence-corrected chi connectivity index (χ1v) is 10.5. The van der Waals surface area contributed by atoms with Crippen LogP contribution in [0, 0.1) is 11.7 Å². The van der Waals surface area contributed by atoms with E-state index in [4.69, 9.17) is 0 Å². The summed E-state index contributed by atoms with van der Waals surface area (Å²) in [7, 11) is -3.21. The Morgan fingerprint density at radius 1 is 1.16 bits per heavy atom. The molecule has 8 heteroatoms. The number of nitrogens with one attached hydrogen (secondary N) is 1. The SMILES string of the molecule is CS(=O)(=O)N1CCC(C(=O)Nc2ccc(N3CCCC3)c(F)c2)CC1. The molecule has 0 atom stereocenters. The summed E-state index contributed by atoms with van der Waals surface area (Å²) in [6.07, 6.45) is 4.28. The lowest BCUT2D eigenvalue weighted by Gasteiger charge is -2.29. The van der Waals surface area contributed by atoms with Crippen molar-refractivity contribution >= 4 is 27.3 Å². The van der Waals surface area contributed by atoms with Crippen molar-refractivity contribution in [2.45, 2.75) is 25.7 Å². The number of rotatable bonds is 4. The zero-order valence-corrected chi connectivity index (χ0v) is 15.2. The van der Waals surface area contributed by atoms with E-state index in [1.807, 2.05) is 4.90 Å². The largest absolute Gasteiger partial charge is 0.369 e. The Bertz CT molecular complexity index is 740. The van der Waals surface area contributed by atoms with E-state index in [9.17, 15) is 17.6 Å². The summed E-state index contributed by atoms with van der Waals surface area (Å²) >= 11 is 0. The summed E-state index contributed by atoms with van der Waals surface area (Å²) in [5, 5.41) is 2.76. The standard InChI is InChI=1S/C17H24FN3O3S/c1-25(23,24)21-10-6-13(7-11-21)17(22)19-14-4-5-16(15(18)12-14)20-8-2-3-9-20/h4-5,12-13H,2-3,6-11H2,1H3,(H,19,22). The van der Waals surface area contributed by atoms with Gasteiger partial charge in [0.25, 0.3) is 0 Å². The van der Waals surface area contributed by atoms with Crippen molar-refractivity contribution in [1.82, 2.24) is 4.31 Å². The number of benzene rings is 1. The Labute approximate surface area is 148 Å². The third-order valence-electron chi connectivity index (χ3n) is 4.96. The maximum absolute atomic E-state index is 14.3. The molecule has 3 rings (SSSR count). The molecule has 2 fully saturated rings. The summed E-state index contributed by atoms with van der Waals surface area (Å²) in [5.74, 6) is -0.757. The van der Waals surface area contributed by atoms with Gasteiger partial charge in [0, 0.05) is 37.8 Å². The van der Waals surface area contributed by atoms with Gasteiger partial charge in [-0.15, -0.1) is 0 Å². The second-order valence-corrected chi connectivity index (χ2v) is 8.77. The molecule has 138 valence electrons. The van der Waals surface area contributed by atoms with Crippen LogP contribution in [0.2, 0.25) is 0 Å². The number of sulfonamides is 1. The smallest absolute Gasteiger partial charge is 0.227 e. The number of carbonyl (C=O) groups excluding carboxylic acids is 1. The van der Waals surface area contributed by atoms with Crippen LogP contribution in [-0.2, 0) is 14.8 Å². The molecule has 1 N–H and O–H groups in total. The molecule has 2 saturated heterocycles. The molecule has 0 aromatic heterocycles. The van der Waals surface area contributed by atoms with E-state index in [1.54, 1.807) is 12.1 Å². The minimum atomic E-state index is -3.21. The number of halogens is 1. The average molecular weight is 369 g/mol. The second-order valence-electron chi connectivity index (χ2n) is 6.79. The monoisotopic (exact) mass is 369 g/mol. The first-order chi connectivity index (χ1) is 11.8. The molecular formula is C17H24FN3O3S. The van der Waals surface area contributed by atoms with Gasteiger partial charge in [-0.1, -0.05) is 0 Å². The Morgan fingerprint density at radius 2 is 1.80 bits per heavy atom. The molecule has 2 aliphatic rings. The van der Waals surface area contributed by atoms with Crippen LogP contribution in [0.5, 0.6) is 0 Å². The van der Waals surface area contributed by atoms with Gasteiger partial charge in [0.1, 0.15) is 5.82 Å². The Kier molecular flexibility index (Phi) is 5.29. The van der Waals surface area contributed by atoms with Gasteiger partial charge in [0.05, 0.1) is 11.9 Å². The molecule has 0 aliphatic carbocycles. The highest BCUT2D eigenvalue weighted by Crippen LogP contribution is 2.27. The van der Waals surface area contributed by atoms with Crippen molar-refractivity contribution < 1.29 is 17.6 Å². The molecule has 0 spiro atoms. The van der Waals surface area contributed by atoms with Crippen LogP contribution in [-0.4, -0.2) is 51.1 Å². The molecule has 0 radical (unpaired) electrons. The van der Waals surface area contributed by atoms with Gasteiger partial charge in [-0.25, -0.2) is 17.1 Å². The van der Waals surface area contributed by atoms with Crippen LogP contribution in [0.4, 0.5) is 15.8 Å². The normalized spacial score (nSPS) is 20.0. The van der Waals surface area contributed by atoms with E-state index in [2.05, 4.69) is 5.32 Å². The third kappa shape index (κ3) is 4.30. The molecule has 25 heavy (non-hydrogen) atoms. The van der Waals surface area contributed by atoms with E-state index in [0.29, 0.717) is 37.3 Å². The van der Waals surface area contributed by atoms with Gasteiger partial charge in [0.15, 0.2) is 0 Å². The molecule has 1 amide bonds. The van der Waals surface area contributed by atoms with Crippen molar-refractivity contribution in [1.29, 1.82) is 0 Å². The number of carbonyl (C=O) groups is 1. The second kappa shape index (κ2) is 7.29. The predicted octanol–water partition coefficient (Wildman–Crippen LogP) is 2.04. The Balaban J connectivity index is 1.59. The predicted molar refractivity (Wildman–Crippen MR) is 95.6 cm³/mol. The summed E-state index contributed by atoms with van der Waals surface area (Å²) in [6, 6.07) is 4.79. The quantitative estimate of drug-likeness (QED) is 0.882. The molecule has 6 nitrogen and oxygen atoms in total. The van der Waals surface area contributed by atoms with E-state index >= 15 is 0 Å². The van der Waals surface area contributed by atoms with Crippen LogP contribution >= 0.6 is 0 Å². The number of nitrogens with zero attached hydrogens (tertiary/aromatic N) is 2. The van der Waals surface area contributed by atoms with Crippen LogP contribution in [0.1, 0.15) is 25.7 Å². The lowest BCUT2D eigenvalue weighted by atomic mass is 9.97. The average Bonchev–Trinajstić information content (AvgIpc) is 3.08. The summed E-state index contributed by atoms with van der Waals surface area (Å²) in [4.78, 5) is 14.4. The van der Waals surface area contributed by atoms with E-state index in [1.165, 1.54) is 16.6 Å². The molecular weight excluding hydrogens is 345 g/mol. The van der Waals surface area contributed by atoms with Crippen molar-refractivity contribution in [2.24, 2.45) is 5.92 Å². The highest BCUT2D eigenvalue weighted by Gasteiger charge is 2.29. The van der Waals surface area contributed by atoms with E-state index in [-0.39, 0.29) is 17.6 Å². The lowest BCUT2D eigenvalue weighted by molar-refractivity contribution is -0.120. The number of anilines is 2. The molecule has 2 aliphatic heterocycles. The summed E-state index contributed by atoms with van der Waals surface area (Å²) in [5.41, 5.74) is 1.02. The fourth-order valence-electron chi connectivity index (χ4n) is 3.49. The fraction of sp³-hybridized carbons (Fsp3) is 0.588. The van der Waals surface area contributed by atoms with Crippen molar-refractivity contribution in [3.63, 3.8) is 0 Å². The highest BCUT2D eigenvalue weighted by atomic mass is 32.2. The van der Waals surface area contributed by atoms with Crippen LogP contribution in [0.15, 0.2) is 18.2 Å². The molecule has 0 bridgehead atoms. The third-order valence-corrected chi connectivity index (χ3v) is 6.26. The molecule has 0 unspecified atom stereocenters. The summed E-state index contributed by atoms with van der Waals surface area (Å²) in [6.45, 7) is 2.42. The number of piperidine rings is 1. The Morgan fingerprint density at radius 3 is 2.36 bits per heavy atom. The molecule has 1 aromatic rings. The van der Waals surface area contributed by atoms with Crippen molar-refractivity contribution in [2.75, 3.05) is 42.7 Å². The van der Waals surface area contributed by atoms with E-state index in [0.717, 1.165) is 25.9 Å². The highest BCUT2D eigenvalue weighted by molar-refractivity contribution is 7.88. The minimum Gasteiger partial charge on any atom is -0.369 e. The van der Waals surface area contributed by atoms with Gasteiger partial charge < -0.3 is 10.2 Å². The van der Waals surface area contributed by atoms with Crippen LogP contribution in [0.3, 0.4) is 0 Å². The van der Waals surface area contributed by atoms with Gasteiger partial charge >= 0.3 is 0 Å². The fourth-order valence-corrected chi connectivity index (χ4v) is 4.37. The van der Waals surface area contributed by atoms with Crippen molar-refractivity contribution in [3.05, 3.63) is 24.0 Å². The van der Waals surface area contributed by atoms with Gasteiger partial charge in [-0.05, 0) is 43.9 Å². The number of hydrogen-bond donors (Lipinski definition) is 1. The molecule has 2 heterocycles. The minimum absolute atomic E-state index is 0.179. The zero-order chi connectivity index (χ0) is 18.0. The van der Waals surface area contributed by atoms with Gasteiger partial charge in [-0.2, -0.15) is 0 Å². The topological polar surface area (TPSA) is 69.7 Å². The molecule has 1 aromatic carbocycles. The van der Waals surface area contributed by atoms with Crippen molar-refractivity contribution in [3.8, 4) is 0 Å². The number of hydrogen-bond acceptors (Lipinski definition) is 4. The lowest BCUT2D eigenvalue weighted by Crippen LogP contribution is -2.40. The Hall–Kier alpha value is -1.67. The first-order valence-electron chi connectivity index (χ1n) is 8.65. The van der Waals surface area contributed by atoms with Crippen LogP contribution in [0.25, 0.3) is 0 Å². The molecule has 0 saturated carbocycles. The first kappa shape index (κ1) is 18.1. The van der Waals surface area contributed by atoms with Gasteiger partial charge in [-0.3, -0.25) is 4.79 Å². The zero-order valence-electron chi connectivity index (χ0n) is 14.4. The number of amides is 1. The summed E-state index contributed by atoms with van der Waals surface area (Å²) < 4.78 is 38.7. The van der Waals surface area contributed by atoms with Gasteiger partial charge in [0.2, 0.25) is 15.9 Å².